The van der Waals surface area contributed by atoms with Crippen LogP contribution < -0.4 is 5.32 Å². The monoisotopic (exact) mass is 1320 g/mol. The van der Waals surface area contributed by atoms with Crippen LogP contribution in [-0.4, -0.2) is 193 Å². The molecule has 542 valence electrons. The van der Waals surface area contributed by atoms with Crippen molar-refractivity contribution in [1.82, 2.24) is 5.32 Å². The van der Waals surface area contributed by atoms with Gasteiger partial charge in [-0.05, 0) is 32.1 Å². The van der Waals surface area contributed by atoms with Gasteiger partial charge < -0.3 is 89.9 Å². The minimum Gasteiger partial charge on any atom is -0.394 e. The Labute approximate surface area is 556 Å². The fraction of sp³-hybridized carbons (Fsp3) is 0.932. The predicted molar refractivity (Wildman–Crippen MR) is 360 cm³/mol. The number of carbonyl (C=O) groups excluding carboxylic acids is 1. The molecule has 12 N–H and O–H groups in total. The Bertz CT molecular complexity index is 1760. The van der Waals surface area contributed by atoms with Crippen molar-refractivity contribution in [2.75, 3.05) is 26.4 Å². The molecule has 17 unspecified atom stereocenters. The molecule has 19 nitrogen and oxygen atoms in total. The average Bonchev–Trinajstić information content (AvgIpc) is 0.839. The van der Waals surface area contributed by atoms with Crippen LogP contribution in [0.25, 0.3) is 0 Å². The second-order valence-electron chi connectivity index (χ2n) is 27.1. The van der Waals surface area contributed by atoms with Gasteiger partial charge in [-0.25, -0.2) is 0 Å². The molecular formula is C73H137NO18. The highest BCUT2D eigenvalue weighted by Crippen LogP contribution is 2.33. The van der Waals surface area contributed by atoms with Gasteiger partial charge in [-0.1, -0.05) is 289 Å². The largest absolute Gasteiger partial charge is 0.394 e. The number of aliphatic hydroxyl groups is 11. The van der Waals surface area contributed by atoms with E-state index in [-0.39, 0.29) is 18.9 Å². The topological polar surface area (TPSA) is 307 Å². The van der Waals surface area contributed by atoms with E-state index in [4.69, 9.17) is 28.4 Å². The van der Waals surface area contributed by atoms with Gasteiger partial charge in [0.1, 0.15) is 73.2 Å². The van der Waals surface area contributed by atoms with E-state index in [0.29, 0.717) is 12.8 Å². The second kappa shape index (κ2) is 55.2. The highest BCUT2D eigenvalue weighted by Gasteiger charge is 2.53. The highest BCUT2D eigenvalue weighted by atomic mass is 16.8. The van der Waals surface area contributed by atoms with E-state index >= 15 is 0 Å². The summed E-state index contributed by atoms with van der Waals surface area (Å²) in [5.41, 5.74) is 0. The second-order valence-corrected chi connectivity index (χ2v) is 27.1. The third-order valence-electron chi connectivity index (χ3n) is 19.0. The number of allylic oxidation sites excluding steroid dienone is 3. The molecule has 3 heterocycles. The van der Waals surface area contributed by atoms with Crippen molar-refractivity contribution in [3.05, 3.63) is 24.3 Å². The third-order valence-corrected chi connectivity index (χ3v) is 19.0. The number of hydrogen-bond acceptors (Lipinski definition) is 18. The number of unbranched alkanes of at least 4 members (excludes halogenated alkanes) is 41. The van der Waals surface area contributed by atoms with Crippen LogP contribution in [0.3, 0.4) is 0 Å². The fourth-order valence-electron chi connectivity index (χ4n) is 12.9. The maximum Gasteiger partial charge on any atom is 0.220 e. The molecule has 0 spiro atoms. The minimum atomic E-state index is -1.98. The molecule has 0 saturated carbocycles. The molecule has 3 aliphatic rings. The predicted octanol–water partition coefficient (Wildman–Crippen LogP) is 11.0. The Kier molecular flexibility index (Phi) is 50.7. The lowest BCUT2D eigenvalue weighted by Crippen LogP contribution is -2.66. The summed E-state index contributed by atoms with van der Waals surface area (Å²) in [6, 6.07) is -0.987. The van der Waals surface area contributed by atoms with Gasteiger partial charge in [-0.15, -0.1) is 0 Å². The number of carbonyl (C=O) groups is 1. The molecule has 0 aromatic heterocycles. The van der Waals surface area contributed by atoms with Gasteiger partial charge in [0.25, 0.3) is 0 Å². The SMILES string of the molecule is CCCCCCCCCCCCCCCCCCCCC/C=C/CC/C=C/C(O)C(COC1OC(CO)C(OC2OC(CO)C(OC3OC(CO)C(O)C(O)C3O)C(O)C2O)C(O)C1O)NC(=O)CCCCCCCCCCCCCCCCCCCCCCCC. The first kappa shape index (κ1) is 84.5. The maximum absolute atomic E-state index is 13.4. The summed E-state index contributed by atoms with van der Waals surface area (Å²) < 4.78 is 34.4. The lowest BCUT2D eigenvalue weighted by molar-refractivity contribution is -0.379. The van der Waals surface area contributed by atoms with Crippen LogP contribution >= 0.6 is 0 Å². The Morgan fingerprint density at radius 1 is 0.380 bits per heavy atom. The van der Waals surface area contributed by atoms with E-state index in [1.165, 1.54) is 231 Å². The molecule has 0 aromatic carbocycles. The van der Waals surface area contributed by atoms with Crippen LogP contribution in [0.5, 0.6) is 0 Å². The molecule has 19 heteroatoms. The van der Waals surface area contributed by atoms with Crippen LogP contribution in [-0.2, 0) is 33.2 Å². The van der Waals surface area contributed by atoms with Gasteiger partial charge in [0.05, 0.1) is 38.6 Å². The van der Waals surface area contributed by atoms with Gasteiger partial charge in [0.2, 0.25) is 5.91 Å². The average molecular weight is 1320 g/mol. The molecule has 17 atom stereocenters. The fourth-order valence-corrected chi connectivity index (χ4v) is 12.9. The molecular weight excluding hydrogens is 1180 g/mol. The van der Waals surface area contributed by atoms with Crippen LogP contribution in [0.2, 0.25) is 0 Å². The van der Waals surface area contributed by atoms with E-state index in [1.807, 2.05) is 6.08 Å². The summed E-state index contributed by atoms with van der Waals surface area (Å²) in [6.45, 7) is 1.77. The smallest absolute Gasteiger partial charge is 0.220 e. The molecule has 0 bridgehead atoms. The van der Waals surface area contributed by atoms with Crippen molar-refractivity contribution in [2.45, 2.75) is 407 Å². The zero-order valence-electron chi connectivity index (χ0n) is 57.5. The van der Waals surface area contributed by atoms with Crippen molar-refractivity contribution in [3.8, 4) is 0 Å². The molecule has 0 radical (unpaired) electrons. The van der Waals surface area contributed by atoms with Crippen molar-refractivity contribution >= 4 is 5.91 Å². The highest BCUT2D eigenvalue weighted by molar-refractivity contribution is 5.76. The normalized spacial score (nSPS) is 27.8. The number of amides is 1. The first-order valence-corrected chi connectivity index (χ1v) is 37.6. The van der Waals surface area contributed by atoms with E-state index in [9.17, 15) is 61.0 Å². The molecule has 1 amide bonds. The Hall–Kier alpha value is -1.73. The van der Waals surface area contributed by atoms with Crippen molar-refractivity contribution in [1.29, 1.82) is 0 Å². The van der Waals surface area contributed by atoms with Gasteiger partial charge in [0, 0.05) is 6.42 Å². The van der Waals surface area contributed by atoms with E-state index < -0.39 is 124 Å². The van der Waals surface area contributed by atoms with Gasteiger partial charge in [0.15, 0.2) is 18.9 Å². The standard InChI is InChI=1S/C73H137NO18/c1-3-5-7-9-11-13-15-17-19-21-23-25-27-28-29-30-32-34-36-38-40-42-44-46-48-50-57(78)56(74-61(79)51-49-47-45-43-41-39-37-35-33-31-26-24-22-20-18-16-14-12-10-8-6-4-2)55-87-71-67(85)64(82)69(59(53-76)89-71)92-73-68(86)65(83)70(60(54-77)90-73)91-72-66(84)63(81)62(80)58(52-75)88-72/h40,42,48,50,56-60,62-73,75-78,80-86H,3-39,41,43-47,49,51-55H2,1-2H3,(H,74,79)/b42-40+,50-48+. The lowest BCUT2D eigenvalue weighted by Gasteiger charge is -2.48. The number of nitrogens with one attached hydrogen (secondary N) is 1. The summed E-state index contributed by atoms with van der Waals surface area (Å²) in [6.07, 6.45) is 37.3. The first-order chi connectivity index (χ1) is 44.8. The van der Waals surface area contributed by atoms with Crippen LogP contribution in [0.1, 0.15) is 303 Å². The summed E-state index contributed by atoms with van der Waals surface area (Å²) in [5, 5.41) is 121. The molecule has 0 aliphatic carbocycles. The van der Waals surface area contributed by atoms with Crippen LogP contribution in [0, 0.1) is 0 Å². The summed E-state index contributed by atoms with van der Waals surface area (Å²) in [7, 11) is 0. The van der Waals surface area contributed by atoms with Gasteiger partial charge in [-0.2, -0.15) is 0 Å². The quantitative estimate of drug-likeness (QED) is 0.0199. The lowest BCUT2D eigenvalue weighted by atomic mass is 9.96. The number of rotatable bonds is 59. The number of ether oxygens (including phenoxy) is 6. The zero-order valence-corrected chi connectivity index (χ0v) is 57.5. The third kappa shape index (κ3) is 36.2. The summed E-state index contributed by atoms with van der Waals surface area (Å²) in [5.74, 6) is -0.279. The zero-order chi connectivity index (χ0) is 66.8. The van der Waals surface area contributed by atoms with Crippen LogP contribution in [0.4, 0.5) is 0 Å². The molecule has 92 heavy (non-hydrogen) atoms. The Morgan fingerprint density at radius 2 is 0.696 bits per heavy atom. The number of hydrogen-bond donors (Lipinski definition) is 12. The van der Waals surface area contributed by atoms with E-state index in [0.717, 1.165) is 38.5 Å². The van der Waals surface area contributed by atoms with E-state index in [1.54, 1.807) is 6.08 Å². The Balaban J connectivity index is 1.42. The van der Waals surface area contributed by atoms with E-state index in [2.05, 4.69) is 31.3 Å². The minimum absolute atomic E-state index is 0.241. The van der Waals surface area contributed by atoms with Crippen LogP contribution in [0.15, 0.2) is 24.3 Å². The van der Waals surface area contributed by atoms with Crippen molar-refractivity contribution in [2.24, 2.45) is 0 Å². The van der Waals surface area contributed by atoms with Crippen molar-refractivity contribution in [3.63, 3.8) is 0 Å². The molecule has 3 saturated heterocycles. The van der Waals surface area contributed by atoms with Gasteiger partial charge in [-0.3, -0.25) is 4.79 Å². The number of aliphatic hydroxyl groups excluding tert-OH is 11. The first-order valence-electron chi connectivity index (χ1n) is 37.6. The molecule has 3 rings (SSSR count). The summed E-state index contributed by atoms with van der Waals surface area (Å²) in [4.78, 5) is 13.4. The Morgan fingerprint density at radius 3 is 1.09 bits per heavy atom. The molecule has 3 aliphatic heterocycles. The van der Waals surface area contributed by atoms with Crippen molar-refractivity contribution < 1.29 is 89.4 Å². The summed E-state index contributed by atoms with van der Waals surface area (Å²) >= 11 is 0. The van der Waals surface area contributed by atoms with Gasteiger partial charge >= 0.3 is 0 Å². The maximum atomic E-state index is 13.4. The molecule has 3 fully saturated rings. The molecule has 0 aromatic rings.